The SMILES string of the molecule is O=C(C[C@H]1C[C@H]2CC[C@@H]1C2)Nc1ccc2ccccc2c1. The number of benzene rings is 2. The lowest BCUT2D eigenvalue weighted by Crippen LogP contribution is -2.20. The van der Waals surface area contributed by atoms with Crippen LogP contribution in [0.25, 0.3) is 10.8 Å². The molecule has 2 heteroatoms. The van der Waals surface area contributed by atoms with E-state index in [2.05, 4.69) is 29.6 Å². The molecule has 2 aromatic rings. The number of fused-ring (bicyclic) bond motifs is 3. The maximum atomic E-state index is 12.3. The lowest BCUT2D eigenvalue weighted by molar-refractivity contribution is -0.117. The molecule has 4 rings (SSSR count). The van der Waals surface area contributed by atoms with Crippen molar-refractivity contribution in [3.8, 4) is 0 Å². The fraction of sp³-hybridized carbons (Fsp3) is 0.421. The summed E-state index contributed by atoms with van der Waals surface area (Å²) in [5, 5.41) is 5.47. The normalized spacial score (nSPS) is 27.1. The maximum Gasteiger partial charge on any atom is 0.224 e. The Bertz CT molecular complexity index is 678. The van der Waals surface area contributed by atoms with E-state index in [4.69, 9.17) is 0 Å². The van der Waals surface area contributed by atoms with Gasteiger partial charge < -0.3 is 5.32 Å². The van der Waals surface area contributed by atoms with Gasteiger partial charge in [-0.25, -0.2) is 0 Å². The van der Waals surface area contributed by atoms with E-state index in [-0.39, 0.29) is 5.91 Å². The van der Waals surface area contributed by atoms with Crippen molar-refractivity contribution in [2.24, 2.45) is 17.8 Å². The number of anilines is 1. The average molecular weight is 279 g/mol. The minimum Gasteiger partial charge on any atom is -0.326 e. The third-order valence-corrected chi connectivity index (χ3v) is 5.37. The zero-order valence-electron chi connectivity index (χ0n) is 12.2. The first kappa shape index (κ1) is 12.9. The van der Waals surface area contributed by atoms with Crippen molar-refractivity contribution in [3.05, 3.63) is 42.5 Å². The van der Waals surface area contributed by atoms with Gasteiger partial charge in [0.2, 0.25) is 5.91 Å². The van der Waals surface area contributed by atoms with Gasteiger partial charge in [0.05, 0.1) is 0 Å². The van der Waals surface area contributed by atoms with Crippen LogP contribution in [0.1, 0.15) is 32.1 Å². The van der Waals surface area contributed by atoms with Gasteiger partial charge in [-0.05, 0) is 59.9 Å². The highest BCUT2D eigenvalue weighted by Gasteiger charge is 2.40. The Labute approximate surface area is 125 Å². The molecule has 2 nitrogen and oxygen atoms in total. The van der Waals surface area contributed by atoms with Gasteiger partial charge in [0.1, 0.15) is 0 Å². The molecule has 2 fully saturated rings. The molecular weight excluding hydrogens is 258 g/mol. The molecule has 0 aliphatic heterocycles. The molecule has 108 valence electrons. The largest absolute Gasteiger partial charge is 0.326 e. The molecule has 0 unspecified atom stereocenters. The Morgan fingerprint density at radius 2 is 1.90 bits per heavy atom. The van der Waals surface area contributed by atoms with Gasteiger partial charge >= 0.3 is 0 Å². The third kappa shape index (κ3) is 2.55. The van der Waals surface area contributed by atoms with Crippen LogP contribution in [0.2, 0.25) is 0 Å². The Morgan fingerprint density at radius 3 is 2.67 bits per heavy atom. The van der Waals surface area contributed by atoms with Crippen LogP contribution in [-0.4, -0.2) is 5.91 Å². The summed E-state index contributed by atoms with van der Waals surface area (Å²) in [4.78, 5) is 12.3. The Balaban J connectivity index is 1.43. The highest BCUT2D eigenvalue weighted by molar-refractivity contribution is 5.94. The summed E-state index contributed by atoms with van der Waals surface area (Å²) in [7, 11) is 0. The number of carbonyl (C=O) groups excluding carboxylic acids is 1. The topological polar surface area (TPSA) is 29.1 Å². The van der Waals surface area contributed by atoms with E-state index in [1.165, 1.54) is 36.5 Å². The minimum atomic E-state index is 0.183. The summed E-state index contributed by atoms with van der Waals surface area (Å²) < 4.78 is 0. The number of carbonyl (C=O) groups is 1. The van der Waals surface area contributed by atoms with Gasteiger partial charge in [-0.15, -0.1) is 0 Å². The molecule has 2 aliphatic carbocycles. The van der Waals surface area contributed by atoms with Crippen molar-refractivity contribution >= 4 is 22.4 Å². The monoisotopic (exact) mass is 279 g/mol. The lowest BCUT2D eigenvalue weighted by Gasteiger charge is -2.20. The first-order chi connectivity index (χ1) is 10.3. The molecule has 0 heterocycles. The molecule has 0 spiro atoms. The summed E-state index contributed by atoms with van der Waals surface area (Å²) in [6, 6.07) is 14.4. The van der Waals surface area contributed by atoms with Crippen LogP contribution in [0.5, 0.6) is 0 Å². The smallest absolute Gasteiger partial charge is 0.224 e. The summed E-state index contributed by atoms with van der Waals surface area (Å²) in [6.45, 7) is 0. The van der Waals surface area contributed by atoms with E-state index < -0.39 is 0 Å². The molecule has 21 heavy (non-hydrogen) atoms. The lowest BCUT2D eigenvalue weighted by atomic mass is 9.86. The third-order valence-electron chi connectivity index (χ3n) is 5.37. The van der Waals surface area contributed by atoms with Crippen LogP contribution >= 0.6 is 0 Å². The Kier molecular flexibility index (Phi) is 3.17. The summed E-state index contributed by atoms with van der Waals surface area (Å²) in [5.41, 5.74) is 0.918. The van der Waals surface area contributed by atoms with Gasteiger partial charge in [-0.2, -0.15) is 0 Å². The van der Waals surface area contributed by atoms with Crippen molar-refractivity contribution in [2.75, 3.05) is 5.32 Å². The summed E-state index contributed by atoms with van der Waals surface area (Å²) in [6.07, 6.45) is 6.09. The molecule has 0 radical (unpaired) electrons. The Morgan fingerprint density at radius 1 is 1.05 bits per heavy atom. The summed E-state index contributed by atoms with van der Waals surface area (Å²) in [5.74, 6) is 2.54. The van der Waals surface area contributed by atoms with Crippen molar-refractivity contribution in [2.45, 2.75) is 32.1 Å². The number of hydrogen-bond donors (Lipinski definition) is 1. The molecule has 0 aromatic heterocycles. The van der Waals surface area contributed by atoms with E-state index in [0.717, 1.165) is 17.5 Å². The van der Waals surface area contributed by atoms with Crippen LogP contribution in [0.3, 0.4) is 0 Å². The van der Waals surface area contributed by atoms with Crippen LogP contribution in [0.15, 0.2) is 42.5 Å². The van der Waals surface area contributed by atoms with E-state index in [9.17, 15) is 4.79 Å². The molecule has 3 atom stereocenters. The molecule has 1 amide bonds. The van der Waals surface area contributed by atoms with E-state index >= 15 is 0 Å². The summed E-state index contributed by atoms with van der Waals surface area (Å²) >= 11 is 0. The highest BCUT2D eigenvalue weighted by atomic mass is 16.1. The maximum absolute atomic E-state index is 12.3. The minimum absolute atomic E-state index is 0.183. The fourth-order valence-corrected chi connectivity index (χ4v) is 4.34. The van der Waals surface area contributed by atoms with Crippen molar-refractivity contribution in [1.82, 2.24) is 0 Å². The number of amides is 1. The second-order valence-corrected chi connectivity index (χ2v) is 6.75. The first-order valence-corrected chi connectivity index (χ1v) is 8.06. The zero-order chi connectivity index (χ0) is 14.2. The number of rotatable bonds is 3. The molecular formula is C19H21NO. The van der Waals surface area contributed by atoms with Crippen molar-refractivity contribution in [3.63, 3.8) is 0 Å². The standard InChI is InChI=1S/C19H21NO/c21-19(12-17-10-13-5-6-16(17)9-13)20-18-8-7-14-3-1-2-4-15(14)11-18/h1-4,7-8,11,13,16-17H,5-6,9-10,12H2,(H,20,21)/t13-,16+,17+/m0/s1. The molecule has 2 bridgehead atoms. The van der Waals surface area contributed by atoms with Gasteiger partial charge in [0, 0.05) is 12.1 Å². The predicted molar refractivity (Wildman–Crippen MR) is 86.1 cm³/mol. The van der Waals surface area contributed by atoms with Gasteiger partial charge in [-0.3, -0.25) is 4.79 Å². The van der Waals surface area contributed by atoms with Crippen LogP contribution in [0.4, 0.5) is 5.69 Å². The molecule has 2 aliphatic rings. The van der Waals surface area contributed by atoms with Gasteiger partial charge in [0.15, 0.2) is 0 Å². The van der Waals surface area contributed by atoms with Crippen LogP contribution < -0.4 is 5.32 Å². The number of hydrogen-bond acceptors (Lipinski definition) is 1. The van der Waals surface area contributed by atoms with E-state index in [1.54, 1.807) is 0 Å². The molecule has 2 aromatic carbocycles. The van der Waals surface area contributed by atoms with Crippen LogP contribution in [0, 0.1) is 17.8 Å². The fourth-order valence-electron chi connectivity index (χ4n) is 4.34. The average Bonchev–Trinajstić information content (AvgIpc) is 3.09. The molecule has 2 saturated carbocycles. The van der Waals surface area contributed by atoms with E-state index in [0.29, 0.717) is 12.3 Å². The number of nitrogens with one attached hydrogen (secondary N) is 1. The molecule has 0 saturated heterocycles. The predicted octanol–water partition coefficient (Wildman–Crippen LogP) is 4.60. The second kappa shape index (κ2) is 5.18. The first-order valence-electron chi connectivity index (χ1n) is 8.06. The Hall–Kier alpha value is -1.83. The quantitative estimate of drug-likeness (QED) is 0.873. The van der Waals surface area contributed by atoms with Crippen molar-refractivity contribution in [1.29, 1.82) is 0 Å². The van der Waals surface area contributed by atoms with Crippen molar-refractivity contribution < 1.29 is 4.79 Å². The molecule has 1 N–H and O–H groups in total. The van der Waals surface area contributed by atoms with Gasteiger partial charge in [0.25, 0.3) is 0 Å². The van der Waals surface area contributed by atoms with Crippen LogP contribution in [-0.2, 0) is 4.79 Å². The van der Waals surface area contributed by atoms with E-state index in [1.807, 2.05) is 18.2 Å². The van der Waals surface area contributed by atoms with Gasteiger partial charge in [-0.1, -0.05) is 36.8 Å². The zero-order valence-corrected chi connectivity index (χ0v) is 12.2. The highest BCUT2D eigenvalue weighted by Crippen LogP contribution is 2.49. The second-order valence-electron chi connectivity index (χ2n) is 6.75.